The number of para-hydroxylation sites is 1. The average molecular weight is 507 g/mol. The number of nitrogens with zero attached hydrogens (tertiary/aromatic N) is 2. The number of benzene rings is 3. The molecule has 0 N–H and O–H groups in total. The first-order valence-corrected chi connectivity index (χ1v) is 7.93. The Kier molecular flexibility index (Phi) is 3.89. The minimum Gasteiger partial charge on any atom is -0.333 e. The van der Waals surface area contributed by atoms with Gasteiger partial charge in [-0.15, -0.1) is 35.9 Å². The standard InChI is InChI=1S/C22H19N2.Ir/c1-15-12-13-19-20(14-15)24(21-16(2)8-7-9-17(21)3)22(23-19)18-10-5-4-6-11-18;/h4-10,12-14H,1-3H3;/q-1;/i1D3;. The van der Waals surface area contributed by atoms with Crippen LogP contribution >= 0.6 is 0 Å². The summed E-state index contributed by atoms with van der Waals surface area (Å²) in [6.07, 6.45) is 0. The van der Waals surface area contributed by atoms with Gasteiger partial charge in [0.15, 0.2) is 0 Å². The van der Waals surface area contributed by atoms with E-state index in [1.54, 1.807) is 18.2 Å². The number of aryl methyl sites for hydroxylation is 3. The Morgan fingerprint density at radius 2 is 1.80 bits per heavy atom. The van der Waals surface area contributed by atoms with Gasteiger partial charge in [-0.1, -0.05) is 24.3 Å². The van der Waals surface area contributed by atoms with Crippen molar-refractivity contribution < 1.29 is 24.2 Å². The van der Waals surface area contributed by atoms with Gasteiger partial charge in [-0.2, -0.15) is 0 Å². The number of hydrogen-bond acceptors (Lipinski definition) is 1. The normalized spacial score (nSPS) is 13.0. The molecule has 127 valence electrons. The molecule has 25 heavy (non-hydrogen) atoms. The molecule has 0 fully saturated rings. The van der Waals surface area contributed by atoms with Crippen molar-refractivity contribution in [2.45, 2.75) is 20.7 Å². The smallest absolute Gasteiger partial charge is 0.0774 e. The first-order valence-electron chi connectivity index (χ1n) is 9.43. The molecule has 0 bridgehead atoms. The van der Waals surface area contributed by atoms with Gasteiger partial charge in [0, 0.05) is 29.9 Å². The van der Waals surface area contributed by atoms with Crippen molar-refractivity contribution in [1.29, 1.82) is 0 Å². The van der Waals surface area contributed by atoms with Crippen LogP contribution in [-0.2, 0) is 20.1 Å². The molecule has 1 aromatic heterocycles. The van der Waals surface area contributed by atoms with E-state index in [9.17, 15) is 0 Å². The SMILES string of the molecule is [2H]C([2H])([2H])c1ccc2nc(-c3[c-]cccc3)n(-c3c(C)cccc3C)c2c1.[Ir]. The van der Waals surface area contributed by atoms with Gasteiger partial charge in [-0.3, -0.25) is 4.98 Å². The van der Waals surface area contributed by atoms with Crippen molar-refractivity contribution in [1.82, 2.24) is 9.55 Å². The van der Waals surface area contributed by atoms with Crippen molar-refractivity contribution in [3.05, 3.63) is 83.4 Å². The number of hydrogen-bond donors (Lipinski definition) is 0. The van der Waals surface area contributed by atoms with Gasteiger partial charge in [-0.25, -0.2) is 0 Å². The van der Waals surface area contributed by atoms with E-state index in [4.69, 9.17) is 9.10 Å². The maximum absolute atomic E-state index is 7.78. The topological polar surface area (TPSA) is 17.8 Å². The Labute approximate surface area is 166 Å². The molecule has 3 aromatic carbocycles. The van der Waals surface area contributed by atoms with Gasteiger partial charge in [0.2, 0.25) is 0 Å². The quantitative estimate of drug-likeness (QED) is 0.332. The van der Waals surface area contributed by atoms with Gasteiger partial charge in [-0.05, 0) is 49.5 Å². The molecule has 0 atom stereocenters. The monoisotopic (exact) mass is 507 g/mol. The molecular weight excluding hydrogens is 484 g/mol. The second-order valence-corrected chi connectivity index (χ2v) is 5.99. The van der Waals surface area contributed by atoms with Crippen LogP contribution in [0.15, 0.2) is 60.7 Å². The zero-order valence-corrected chi connectivity index (χ0v) is 16.4. The van der Waals surface area contributed by atoms with Crippen LogP contribution in [0.5, 0.6) is 0 Å². The summed E-state index contributed by atoms with van der Waals surface area (Å²) in [4.78, 5) is 4.81. The summed E-state index contributed by atoms with van der Waals surface area (Å²) in [5.41, 5.74) is 5.95. The molecule has 0 unspecified atom stereocenters. The van der Waals surface area contributed by atoms with Gasteiger partial charge < -0.3 is 4.57 Å². The molecule has 0 aliphatic rings. The first kappa shape index (κ1) is 14.0. The summed E-state index contributed by atoms with van der Waals surface area (Å²) in [5, 5.41) is 0. The second-order valence-electron chi connectivity index (χ2n) is 5.99. The predicted octanol–water partition coefficient (Wildman–Crippen LogP) is 5.42. The Hall–Kier alpha value is -2.22. The van der Waals surface area contributed by atoms with E-state index in [0.717, 1.165) is 39.2 Å². The molecular formula is C22H19IrN2-. The number of rotatable bonds is 2. The van der Waals surface area contributed by atoms with E-state index in [1.165, 1.54) is 0 Å². The van der Waals surface area contributed by atoms with Crippen LogP contribution in [0.2, 0.25) is 0 Å². The minimum absolute atomic E-state index is 0. The van der Waals surface area contributed by atoms with Crippen LogP contribution in [0.3, 0.4) is 0 Å². The van der Waals surface area contributed by atoms with Gasteiger partial charge in [0.05, 0.1) is 16.9 Å². The van der Waals surface area contributed by atoms with Gasteiger partial charge >= 0.3 is 0 Å². The zero-order valence-electron chi connectivity index (χ0n) is 17.0. The first-order chi connectivity index (χ1) is 12.9. The summed E-state index contributed by atoms with van der Waals surface area (Å²) >= 11 is 0. The fourth-order valence-electron chi connectivity index (χ4n) is 3.17. The van der Waals surface area contributed by atoms with Crippen LogP contribution in [0, 0.1) is 26.8 Å². The van der Waals surface area contributed by atoms with Crippen molar-refractivity contribution >= 4 is 11.0 Å². The second kappa shape index (κ2) is 6.95. The van der Waals surface area contributed by atoms with Crippen LogP contribution in [0.1, 0.15) is 20.8 Å². The fourth-order valence-corrected chi connectivity index (χ4v) is 3.17. The minimum atomic E-state index is -2.16. The maximum Gasteiger partial charge on any atom is 0.0774 e. The predicted molar refractivity (Wildman–Crippen MR) is 99.6 cm³/mol. The summed E-state index contributed by atoms with van der Waals surface area (Å²) in [6, 6.07) is 22.2. The molecule has 0 aliphatic heterocycles. The molecule has 4 aromatic rings. The molecule has 0 aliphatic carbocycles. The van der Waals surface area contributed by atoms with Crippen molar-refractivity contribution in [2.75, 3.05) is 0 Å². The third kappa shape index (κ3) is 3.06. The summed E-state index contributed by atoms with van der Waals surface area (Å²) < 4.78 is 25.4. The van der Waals surface area contributed by atoms with E-state index in [2.05, 4.69) is 36.6 Å². The molecule has 0 amide bonds. The van der Waals surface area contributed by atoms with E-state index < -0.39 is 6.85 Å². The van der Waals surface area contributed by atoms with E-state index >= 15 is 0 Å². The van der Waals surface area contributed by atoms with E-state index in [0.29, 0.717) is 5.56 Å². The molecule has 0 spiro atoms. The molecule has 1 radical (unpaired) electrons. The molecule has 4 rings (SSSR count). The maximum atomic E-state index is 7.78. The van der Waals surface area contributed by atoms with Crippen molar-refractivity contribution in [2.24, 2.45) is 0 Å². The summed E-state index contributed by atoms with van der Waals surface area (Å²) in [6.45, 7) is 1.95. The summed E-state index contributed by atoms with van der Waals surface area (Å²) in [5.74, 6) is 0.755. The Morgan fingerprint density at radius 3 is 2.48 bits per heavy atom. The number of aromatic nitrogens is 2. The van der Waals surface area contributed by atoms with Crippen LogP contribution < -0.4 is 0 Å². The van der Waals surface area contributed by atoms with Crippen molar-refractivity contribution in [3.63, 3.8) is 0 Å². The molecule has 0 saturated carbocycles. The summed E-state index contributed by atoms with van der Waals surface area (Å²) in [7, 11) is 0. The number of fused-ring (bicyclic) bond motifs is 1. The van der Waals surface area contributed by atoms with Gasteiger partial charge in [0.25, 0.3) is 0 Å². The average Bonchev–Trinajstić information content (AvgIpc) is 3.00. The number of imidazole rings is 1. The Morgan fingerprint density at radius 1 is 1.00 bits per heavy atom. The van der Waals surface area contributed by atoms with Crippen LogP contribution in [-0.4, -0.2) is 9.55 Å². The third-order valence-corrected chi connectivity index (χ3v) is 4.27. The van der Waals surface area contributed by atoms with E-state index in [-0.39, 0.29) is 20.1 Å². The molecule has 2 nitrogen and oxygen atoms in total. The molecule has 3 heteroatoms. The largest absolute Gasteiger partial charge is 0.333 e. The fraction of sp³-hybridized carbons (Fsp3) is 0.136. The van der Waals surface area contributed by atoms with E-state index in [1.807, 2.05) is 30.3 Å². The van der Waals surface area contributed by atoms with Crippen LogP contribution in [0.4, 0.5) is 0 Å². The van der Waals surface area contributed by atoms with Crippen molar-refractivity contribution in [3.8, 4) is 17.1 Å². The van der Waals surface area contributed by atoms with Crippen LogP contribution in [0.25, 0.3) is 28.1 Å². The zero-order chi connectivity index (χ0) is 19.2. The Bertz CT molecular complexity index is 1110. The van der Waals surface area contributed by atoms with Gasteiger partial charge in [0.1, 0.15) is 0 Å². The molecule has 0 saturated heterocycles. The third-order valence-electron chi connectivity index (χ3n) is 4.27. The Balaban J connectivity index is 0.00000225. The molecule has 1 heterocycles.